The van der Waals surface area contributed by atoms with Gasteiger partial charge in [0.05, 0.1) is 12.2 Å². The molecule has 2 aromatic rings. The normalized spacial score (nSPS) is 10.8. The Morgan fingerprint density at radius 2 is 2.12 bits per heavy atom. The third kappa shape index (κ3) is 2.32. The molecule has 0 saturated heterocycles. The number of halogens is 2. The van der Waals surface area contributed by atoms with E-state index in [1.54, 1.807) is 6.07 Å². The van der Waals surface area contributed by atoms with Crippen LogP contribution in [0.3, 0.4) is 0 Å². The zero-order chi connectivity index (χ0) is 11.7. The topological polar surface area (TPSA) is 17.8 Å². The largest absolute Gasteiger partial charge is 0.330 e. The Balaban J connectivity index is 2.30. The maximum absolute atomic E-state index is 13.6. The summed E-state index contributed by atoms with van der Waals surface area (Å²) in [6, 6.07) is 5.11. The van der Waals surface area contributed by atoms with Gasteiger partial charge in [0, 0.05) is 16.2 Å². The van der Waals surface area contributed by atoms with Crippen molar-refractivity contribution >= 4 is 15.9 Å². The molecular formula is C12H12BrFN2. The van der Waals surface area contributed by atoms with Gasteiger partial charge in [0.1, 0.15) is 11.6 Å². The van der Waals surface area contributed by atoms with Gasteiger partial charge in [-0.25, -0.2) is 9.37 Å². The Morgan fingerprint density at radius 1 is 1.38 bits per heavy atom. The van der Waals surface area contributed by atoms with Gasteiger partial charge in [-0.3, -0.25) is 0 Å². The Morgan fingerprint density at radius 3 is 2.69 bits per heavy atom. The van der Waals surface area contributed by atoms with Gasteiger partial charge < -0.3 is 4.57 Å². The van der Waals surface area contributed by atoms with Crippen molar-refractivity contribution in [2.24, 2.45) is 0 Å². The number of imidazole rings is 1. The summed E-state index contributed by atoms with van der Waals surface area (Å²) in [5.74, 6) is 0.708. The average Bonchev–Trinajstić information content (AvgIpc) is 2.50. The molecule has 0 amide bonds. The van der Waals surface area contributed by atoms with Gasteiger partial charge in [-0.2, -0.15) is 0 Å². The van der Waals surface area contributed by atoms with Crippen LogP contribution in [-0.4, -0.2) is 9.55 Å². The molecular weight excluding hydrogens is 271 g/mol. The molecule has 0 radical (unpaired) electrons. The summed E-state index contributed by atoms with van der Waals surface area (Å²) in [6.45, 7) is 4.37. The molecule has 0 bridgehead atoms. The first-order chi connectivity index (χ1) is 7.56. The van der Waals surface area contributed by atoms with Crippen molar-refractivity contribution in [2.75, 3.05) is 0 Å². The first-order valence-corrected chi connectivity index (χ1v) is 5.80. The van der Waals surface area contributed by atoms with Crippen molar-refractivity contribution in [3.05, 3.63) is 51.8 Å². The van der Waals surface area contributed by atoms with Gasteiger partial charge >= 0.3 is 0 Å². The number of rotatable bonds is 2. The van der Waals surface area contributed by atoms with Gasteiger partial charge in [-0.1, -0.05) is 22.0 Å². The second kappa shape index (κ2) is 4.37. The lowest BCUT2D eigenvalue weighted by atomic mass is 10.2. The number of hydrogen-bond donors (Lipinski definition) is 0. The van der Waals surface area contributed by atoms with Crippen molar-refractivity contribution < 1.29 is 4.39 Å². The Labute approximate surface area is 102 Å². The van der Waals surface area contributed by atoms with Crippen LogP contribution in [0.5, 0.6) is 0 Å². The van der Waals surface area contributed by atoms with Crippen LogP contribution in [0.15, 0.2) is 28.9 Å². The highest BCUT2D eigenvalue weighted by Gasteiger charge is 2.06. The average molecular weight is 283 g/mol. The summed E-state index contributed by atoms with van der Waals surface area (Å²) in [4.78, 5) is 4.29. The van der Waals surface area contributed by atoms with E-state index in [1.165, 1.54) is 6.07 Å². The molecule has 0 fully saturated rings. The monoisotopic (exact) mass is 282 g/mol. The zero-order valence-electron chi connectivity index (χ0n) is 9.17. The molecule has 0 atom stereocenters. The smallest absolute Gasteiger partial charge is 0.129 e. The SMILES string of the molecule is Cc1cn(Cc2ccc(Br)cc2F)c(C)n1. The van der Waals surface area contributed by atoms with E-state index in [1.807, 2.05) is 30.7 Å². The standard InChI is InChI=1S/C12H12BrFN2/c1-8-6-16(9(2)15-8)7-10-3-4-11(13)5-12(10)14/h3-6H,7H2,1-2H3. The van der Waals surface area contributed by atoms with Crippen molar-refractivity contribution in [2.45, 2.75) is 20.4 Å². The fourth-order valence-electron chi connectivity index (χ4n) is 1.66. The van der Waals surface area contributed by atoms with E-state index >= 15 is 0 Å². The van der Waals surface area contributed by atoms with Crippen molar-refractivity contribution in [1.82, 2.24) is 9.55 Å². The molecule has 0 unspecified atom stereocenters. The molecule has 1 aromatic heterocycles. The number of aryl methyl sites for hydroxylation is 2. The number of hydrogen-bond acceptors (Lipinski definition) is 1. The molecule has 16 heavy (non-hydrogen) atoms. The third-order valence-electron chi connectivity index (χ3n) is 2.45. The van der Waals surface area contributed by atoms with Gasteiger partial charge in [0.25, 0.3) is 0 Å². The second-order valence-corrected chi connectivity index (χ2v) is 4.71. The minimum absolute atomic E-state index is 0.194. The lowest BCUT2D eigenvalue weighted by Gasteiger charge is -2.06. The highest BCUT2D eigenvalue weighted by atomic mass is 79.9. The van der Waals surface area contributed by atoms with Crippen molar-refractivity contribution in [3.63, 3.8) is 0 Å². The van der Waals surface area contributed by atoms with Gasteiger partial charge in [-0.05, 0) is 26.0 Å². The van der Waals surface area contributed by atoms with Crippen LogP contribution in [0.1, 0.15) is 17.1 Å². The lowest BCUT2D eigenvalue weighted by Crippen LogP contribution is -2.02. The van der Waals surface area contributed by atoms with Crippen LogP contribution >= 0.6 is 15.9 Å². The van der Waals surface area contributed by atoms with Crippen molar-refractivity contribution in [1.29, 1.82) is 0 Å². The molecule has 0 saturated carbocycles. The number of benzene rings is 1. The lowest BCUT2D eigenvalue weighted by molar-refractivity contribution is 0.596. The summed E-state index contributed by atoms with van der Waals surface area (Å²) >= 11 is 3.24. The molecule has 0 aliphatic rings. The molecule has 2 rings (SSSR count). The fourth-order valence-corrected chi connectivity index (χ4v) is 1.99. The molecule has 1 aromatic carbocycles. The molecule has 0 aliphatic heterocycles. The molecule has 2 nitrogen and oxygen atoms in total. The van der Waals surface area contributed by atoms with Crippen LogP contribution in [0.25, 0.3) is 0 Å². The summed E-state index contributed by atoms with van der Waals surface area (Å²) in [7, 11) is 0. The first-order valence-electron chi connectivity index (χ1n) is 5.00. The highest BCUT2D eigenvalue weighted by Crippen LogP contribution is 2.17. The molecule has 84 valence electrons. The molecule has 0 aliphatic carbocycles. The predicted molar refractivity (Wildman–Crippen MR) is 64.9 cm³/mol. The summed E-state index contributed by atoms with van der Waals surface area (Å²) in [5, 5.41) is 0. The Kier molecular flexibility index (Phi) is 3.10. The van der Waals surface area contributed by atoms with Crippen LogP contribution in [0, 0.1) is 19.7 Å². The van der Waals surface area contributed by atoms with E-state index in [-0.39, 0.29) is 5.82 Å². The third-order valence-corrected chi connectivity index (χ3v) is 2.95. The fraction of sp³-hybridized carbons (Fsp3) is 0.250. The van der Waals surface area contributed by atoms with E-state index in [0.717, 1.165) is 16.0 Å². The van der Waals surface area contributed by atoms with Crippen LogP contribution in [0.4, 0.5) is 4.39 Å². The quantitative estimate of drug-likeness (QED) is 0.825. The van der Waals surface area contributed by atoms with Crippen LogP contribution in [-0.2, 0) is 6.54 Å². The maximum Gasteiger partial charge on any atom is 0.129 e. The van der Waals surface area contributed by atoms with Crippen molar-refractivity contribution in [3.8, 4) is 0 Å². The first kappa shape index (κ1) is 11.3. The Hall–Kier alpha value is -1.16. The van der Waals surface area contributed by atoms with Gasteiger partial charge in [0.2, 0.25) is 0 Å². The highest BCUT2D eigenvalue weighted by molar-refractivity contribution is 9.10. The Bertz CT molecular complexity index is 520. The van der Waals surface area contributed by atoms with Crippen LogP contribution < -0.4 is 0 Å². The van der Waals surface area contributed by atoms with Crippen LogP contribution in [0.2, 0.25) is 0 Å². The number of aromatic nitrogens is 2. The molecule has 0 spiro atoms. The molecule has 1 heterocycles. The maximum atomic E-state index is 13.6. The van der Waals surface area contributed by atoms with Gasteiger partial charge in [-0.15, -0.1) is 0 Å². The summed E-state index contributed by atoms with van der Waals surface area (Å²) < 4.78 is 16.3. The van der Waals surface area contributed by atoms with E-state index in [4.69, 9.17) is 0 Å². The predicted octanol–water partition coefficient (Wildman–Crippen LogP) is 3.45. The zero-order valence-corrected chi connectivity index (χ0v) is 10.8. The minimum atomic E-state index is -0.194. The van der Waals surface area contributed by atoms with E-state index < -0.39 is 0 Å². The van der Waals surface area contributed by atoms with Gasteiger partial charge in [0.15, 0.2) is 0 Å². The summed E-state index contributed by atoms with van der Waals surface area (Å²) in [5.41, 5.74) is 1.62. The van der Waals surface area contributed by atoms with E-state index in [2.05, 4.69) is 20.9 Å². The second-order valence-electron chi connectivity index (χ2n) is 3.79. The van der Waals surface area contributed by atoms with E-state index in [0.29, 0.717) is 12.1 Å². The minimum Gasteiger partial charge on any atom is -0.330 e. The molecule has 0 N–H and O–H groups in total. The molecule has 4 heteroatoms. The van der Waals surface area contributed by atoms with E-state index in [9.17, 15) is 4.39 Å². The summed E-state index contributed by atoms with van der Waals surface area (Å²) in [6.07, 6.45) is 1.93. The number of nitrogens with zero attached hydrogens (tertiary/aromatic N) is 2.